The molecule has 0 spiro atoms. The Kier molecular flexibility index (Phi) is 9.69. The first-order chi connectivity index (χ1) is 27.9. The van der Waals surface area contributed by atoms with E-state index in [1.54, 1.807) is 7.05 Å². The number of carbonyl (C=O) groups excluding carboxylic acids is 3. The molecule has 6 fully saturated rings. The van der Waals surface area contributed by atoms with E-state index in [0.29, 0.717) is 41.6 Å². The highest BCUT2D eigenvalue weighted by Gasteiger charge is 2.68. The smallest absolute Gasteiger partial charge is 0.414 e. The second-order valence-corrected chi connectivity index (χ2v) is 20.2. The zero-order valence-corrected chi connectivity index (χ0v) is 35.7. The molecule has 7 aliphatic rings. The van der Waals surface area contributed by atoms with Crippen molar-refractivity contribution in [3.05, 3.63) is 47.3 Å². The largest absolute Gasteiger partial charge is 0.444 e. The number of rotatable bonds is 8. The molecule has 2 bridgehead atoms. The molecule has 0 unspecified atom stereocenters. The lowest BCUT2D eigenvalue weighted by Crippen LogP contribution is -2.69. The maximum Gasteiger partial charge on any atom is 0.414 e. The van der Waals surface area contributed by atoms with Crippen molar-refractivity contribution >= 4 is 40.9 Å². The lowest BCUT2D eigenvalue weighted by Gasteiger charge is -2.72. The maximum atomic E-state index is 13.8. The maximum absolute atomic E-state index is 13.8. The van der Waals surface area contributed by atoms with Crippen LogP contribution in [0.5, 0.6) is 0 Å². The van der Waals surface area contributed by atoms with Crippen LogP contribution < -0.4 is 15.1 Å². The van der Waals surface area contributed by atoms with Crippen molar-refractivity contribution in [2.24, 2.45) is 5.41 Å². The average molecular weight is 814 g/mol. The van der Waals surface area contributed by atoms with Crippen LogP contribution in [-0.2, 0) is 21.3 Å². The Bertz CT molecular complexity index is 2130. The highest BCUT2D eigenvalue weighted by molar-refractivity contribution is 5.97. The zero-order valence-electron chi connectivity index (χ0n) is 35.7. The van der Waals surface area contributed by atoms with Crippen molar-refractivity contribution in [1.82, 2.24) is 34.6 Å². The van der Waals surface area contributed by atoms with Gasteiger partial charge in [-0.15, -0.1) is 5.10 Å². The van der Waals surface area contributed by atoms with Gasteiger partial charge in [-0.05, 0) is 108 Å². The number of benzene rings is 1. The number of aromatic nitrogens is 3. The predicted octanol–water partition coefficient (Wildman–Crippen LogP) is 6.07. The molecule has 59 heavy (non-hydrogen) atoms. The van der Waals surface area contributed by atoms with Crippen molar-refractivity contribution < 1.29 is 28.2 Å². The number of carbonyl (C=O) groups is 3. The van der Waals surface area contributed by atoms with Crippen molar-refractivity contribution in [3.63, 3.8) is 0 Å². The fourth-order valence-corrected chi connectivity index (χ4v) is 10.6. The minimum absolute atomic E-state index is 0.175. The number of piperidine rings is 1. The third-order valence-electron chi connectivity index (χ3n) is 13.3. The third kappa shape index (κ3) is 7.62. The molecule has 2 saturated heterocycles. The molecule has 3 aliphatic heterocycles. The van der Waals surface area contributed by atoms with Gasteiger partial charge in [-0.25, -0.2) is 23.5 Å². The summed E-state index contributed by atoms with van der Waals surface area (Å²) in [7, 11) is 1.63. The lowest BCUT2D eigenvalue weighted by atomic mass is 9.33. The molecule has 3 amide bonds. The van der Waals surface area contributed by atoms with Crippen LogP contribution in [0.15, 0.2) is 30.5 Å². The Morgan fingerprint density at radius 2 is 1.63 bits per heavy atom. The second kappa shape index (κ2) is 14.3. The number of imidazole rings is 1. The molecule has 318 valence electrons. The predicted molar refractivity (Wildman–Crippen MR) is 222 cm³/mol. The minimum Gasteiger partial charge on any atom is -0.444 e. The van der Waals surface area contributed by atoms with Gasteiger partial charge in [0.25, 0.3) is 5.91 Å². The van der Waals surface area contributed by atoms with Crippen LogP contribution in [0.2, 0.25) is 0 Å². The summed E-state index contributed by atoms with van der Waals surface area (Å²) >= 11 is 0. The topological polar surface area (TPSA) is 128 Å². The van der Waals surface area contributed by atoms with Crippen LogP contribution in [0.3, 0.4) is 0 Å². The summed E-state index contributed by atoms with van der Waals surface area (Å²) in [5.41, 5.74) is 4.26. The van der Waals surface area contributed by atoms with Crippen LogP contribution in [0.4, 0.5) is 31.2 Å². The number of nitrogens with one attached hydrogen (secondary N) is 1. The van der Waals surface area contributed by atoms with E-state index in [9.17, 15) is 18.8 Å². The SMILES string of the molecule is CN(C(=O)OC(C)(C)C)c1cc(N2CCc3c2cccc3C23CC(CN4CCN(C5CCN(C(=O)OC(C)(C)C)CC5)CC4)(C2)C3)nn2c(C(=O)N[C@@H]3C[C@@H]3F)cnc12. The third-order valence-corrected chi connectivity index (χ3v) is 13.3. The summed E-state index contributed by atoms with van der Waals surface area (Å²) < 4.78 is 26.6. The molecular weight excluding hydrogens is 754 g/mol. The molecule has 5 heterocycles. The minimum atomic E-state index is -1.05. The van der Waals surface area contributed by atoms with Crippen molar-refractivity contribution in [2.45, 2.75) is 121 Å². The van der Waals surface area contributed by atoms with E-state index in [1.165, 1.54) is 46.0 Å². The molecule has 10 rings (SSSR count). The van der Waals surface area contributed by atoms with E-state index in [-0.39, 0.29) is 17.2 Å². The van der Waals surface area contributed by atoms with Crippen LogP contribution >= 0.6 is 0 Å². The van der Waals surface area contributed by atoms with Crippen LogP contribution in [0, 0.1) is 5.41 Å². The number of amides is 3. The average Bonchev–Trinajstić information content (AvgIpc) is 3.48. The Labute approximate surface area is 346 Å². The molecule has 1 N–H and O–H groups in total. The zero-order chi connectivity index (χ0) is 41.6. The standard InChI is InChI=1S/C44H60FN9O5/c1-41(2,3)58-39(56)49(7)34-22-36(48-54-35(23-46-37(34)54)38(55)47-32-21-31(32)45)53-16-13-29-30(9-8-10-33(29)53)44-24-43(25-44,26-44)27-50-17-19-51(20-18-50)28-11-14-52(15-12-28)40(57)59-42(4,5)6/h8-10,22-23,28,31-32H,11-21,24-27H2,1-7H3,(H,47,55)/t31-,32+,43?,44?/m0/s1. The van der Waals surface area contributed by atoms with E-state index >= 15 is 0 Å². The van der Waals surface area contributed by atoms with Gasteiger partial charge >= 0.3 is 12.2 Å². The van der Waals surface area contributed by atoms with Crippen LogP contribution in [0.25, 0.3) is 5.65 Å². The number of fused-ring (bicyclic) bond motifs is 2. The number of hydrogen-bond acceptors (Lipinski definition) is 10. The monoisotopic (exact) mass is 813 g/mol. The first kappa shape index (κ1) is 39.9. The van der Waals surface area contributed by atoms with Gasteiger partial charge in [0.1, 0.15) is 17.4 Å². The summed E-state index contributed by atoms with van der Waals surface area (Å²) in [6, 6.07) is 8.48. The molecule has 2 atom stereocenters. The Balaban J connectivity index is 0.864. The Hall–Kier alpha value is -4.50. The first-order valence-electron chi connectivity index (χ1n) is 21.5. The van der Waals surface area contributed by atoms with E-state index in [2.05, 4.69) is 43.2 Å². The Morgan fingerprint density at radius 3 is 2.27 bits per heavy atom. The lowest BCUT2D eigenvalue weighted by molar-refractivity contribution is -0.159. The van der Waals surface area contributed by atoms with Crippen LogP contribution in [0.1, 0.15) is 102 Å². The quantitative estimate of drug-likeness (QED) is 0.286. The number of piperazine rings is 1. The number of halogens is 1. The van der Waals surface area contributed by atoms with E-state index in [0.717, 1.165) is 70.8 Å². The number of likely N-dealkylation sites (tertiary alicyclic amines) is 1. The normalized spacial score (nSPS) is 27.2. The second-order valence-electron chi connectivity index (χ2n) is 20.2. The molecule has 1 aromatic carbocycles. The first-order valence-corrected chi connectivity index (χ1v) is 21.5. The summed E-state index contributed by atoms with van der Waals surface area (Å²) in [4.78, 5) is 54.5. The highest BCUT2D eigenvalue weighted by Crippen LogP contribution is 2.74. The number of hydrogen-bond donors (Lipinski definition) is 1. The van der Waals surface area contributed by atoms with Crippen molar-refractivity contribution in [1.29, 1.82) is 0 Å². The van der Waals surface area contributed by atoms with Crippen molar-refractivity contribution in [2.75, 3.05) is 69.2 Å². The summed E-state index contributed by atoms with van der Waals surface area (Å²) in [5, 5.41) is 7.69. The van der Waals surface area contributed by atoms with Gasteiger partial charge in [0, 0.05) is 83.6 Å². The van der Waals surface area contributed by atoms with Gasteiger partial charge < -0.3 is 29.5 Å². The fraction of sp³-hybridized carbons (Fsp3) is 0.659. The molecule has 4 saturated carbocycles. The van der Waals surface area contributed by atoms with Crippen molar-refractivity contribution in [3.8, 4) is 0 Å². The summed E-state index contributed by atoms with van der Waals surface area (Å²) in [6.45, 7) is 18.9. The van der Waals surface area contributed by atoms with E-state index in [4.69, 9.17) is 14.6 Å². The molecule has 2 aromatic heterocycles. The number of anilines is 3. The molecular formula is C44H60FN9O5. The Morgan fingerprint density at radius 1 is 0.949 bits per heavy atom. The molecule has 4 aliphatic carbocycles. The van der Waals surface area contributed by atoms with Gasteiger partial charge in [-0.2, -0.15) is 0 Å². The highest BCUT2D eigenvalue weighted by atomic mass is 19.1. The summed E-state index contributed by atoms with van der Waals surface area (Å²) in [5.74, 6) is 0.126. The van der Waals surface area contributed by atoms with Gasteiger partial charge in [0.2, 0.25) is 0 Å². The van der Waals surface area contributed by atoms with Gasteiger partial charge in [0.15, 0.2) is 17.2 Å². The van der Waals surface area contributed by atoms with Gasteiger partial charge in [0.05, 0.1) is 17.9 Å². The fourth-order valence-electron chi connectivity index (χ4n) is 10.6. The molecule has 14 nitrogen and oxygen atoms in total. The number of ether oxygens (including phenoxy) is 2. The molecule has 15 heteroatoms. The van der Waals surface area contributed by atoms with E-state index in [1.807, 2.05) is 52.5 Å². The van der Waals surface area contributed by atoms with Gasteiger partial charge in [-0.1, -0.05) is 12.1 Å². The summed E-state index contributed by atoms with van der Waals surface area (Å²) in [6.07, 6.45) is 6.44. The number of nitrogens with zero attached hydrogens (tertiary/aromatic N) is 8. The molecule has 0 radical (unpaired) electrons. The number of alkyl halides is 1. The van der Waals surface area contributed by atoms with Gasteiger partial charge in [-0.3, -0.25) is 14.6 Å². The van der Waals surface area contributed by atoms with Crippen LogP contribution in [-0.4, -0.2) is 136 Å². The molecule has 3 aromatic rings. The van der Waals surface area contributed by atoms with E-state index < -0.39 is 35.4 Å².